The van der Waals surface area contributed by atoms with E-state index < -0.39 is 34.4 Å². The molecule has 0 aromatic carbocycles. The van der Waals surface area contributed by atoms with Crippen molar-refractivity contribution in [2.45, 2.75) is 57.6 Å². The van der Waals surface area contributed by atoms with E-state index in [2.05, 4.69) is 9.97 Å². The summed E-state index contributed by atoms with van der Waals surface area (Å²) in [7, 11) is 2.58. The molecule has 0 amide bonds. The van der Waals surface area contributed by atoms with E-state index in [9.17, 15) is 10.1 Å². The van der Waals surface area contributed by atoms with Crippen molar-refractivity contribution >= 4 is 5.69 Å². The summed E-state index contributed by atoms with van der Waals surface area (Å²) >= 11 is 0. The van der Waals surface area contributed by atoms with Crippen molar-refractivity contribution in [3.8, 4) is 17.8 Å². The van der Waals surface area contributed by atoms with E-state index in [-0.39, 0.29) is 30.5 Å². The Balaban J connectivity index is 1.81. The fourth-order valence-electron chi connectivity index (χ4n) is 3.23. The summed E-state index contributed by atoms with van der Waals surface area (Å²) < 4.78 is 39.0. The highest BCUT2D eigenvalue weighted by atomic mass is 16.8. The van der Waals surface area contributed by atoms with Crippen molar-refractivity contribution in [1.82, 2.24) is 9.97 Å². The van der Waals surface area contributed by atoms with Gasteiger partial charge < -0.3 is 33.2 Å². The number of rotatable bonds is 7. The number of hydrogen-bond acceptors (Lipinski definition) is 11. The summed E-state index contributed by atoms with van der Waals surface area (Å²) in [6.45, 7) is 7.38. The van der Waals surface area contributed by atoms with E-state index >= 15 is 0 Å². The minimum atomic E-state index is -0.887. The van der Waals surface area contributed by atoms with E-state index in [1.807, 2.05) is 13.8 Å². The summed E-state index contributed by atoms with van der Waals surface area (Å²) in [6.07, 6.45) is -1.47. The predicted octanol–water partition coefficient (Wildman–Crippen LogP) is 1.45. The van der Waals surface area contributed by atoms with Crippen molar-refractivity contribution < 1.29 is 38.1 Å². The molecule has 29 heavy (non-hydrogen) atoms. The lowest BCUT2D eigenvalue weighted by Gasteiger charge is -2.23. The normalized spacial score (nSPS) is 27.6. The molecule has 3 heterocycles. The van der Waals surface area contributed by atoms with Gasteiger partial charge in [0, 0.05) is 0 Å². The van der Waals surface area contributed by atoms with Crippen LogP contribution < -0.4 is 14.2 Å². The van der Waals surface area contributed by atoms with Gasteiger partial charge in [0.05, 0.1) is 25.7 Å². The van der Waals surface area contributed by atoms with Crippen LogP contribution in [0.15, 0.2) is 0 Å². The molecule has 3 rings (SSSR count). The zero-order valence-electron chi connectivity index (χ0n) is 17.2. The first-order valence-corrected chi connectivity index (χ1v) is 9.00. The van der Waals surface area contributed by atoms with Crippen LogP contribution in [0.1, 0.15) is 27.7 Å². The van der Waals surface area contributed by atoms with Gasteiger partial charge >= 0.3 is 23.5 Å². The highest BCUT2D eigenvalue weighted by molar-refractivity contribution is 5.50. The molecule has 0 aliphatic carbocycles. The third-order valence-corrected chi connectivity index (χ3v) is 4.36. The van der Waals surface area contributed by atoms with Crippen LogP contribution in [0.4, 0.5) is 5.69 Å². The smallest absolute Gasteiger partial charge is 0.392 e. The average Bonchev–Trinajstić information content (AvgIpc) is 3.16. The third kappa shape index (κ3) is 4.66. The van der Waals surface area contributed by atoms with Crippen molar-refractivity contribution in [2.75, 3.05) is 27.4 Å². The van der Waals surface area contributed by atoms with Gasteiger partial charge in [0.2, 0.25) is 0 Å². The monoisotopic (exact) mass is 415 g/mol. The van der Waals surface area contributed by atoms with Gasteiger partial charge in [-0.15, -0.1) is 0 Å². The number of nitro groups is 1. The third-order valence-electron chi connectivity index (χ3n) is 4.36. The number of hydrogen-bond donors (Lipinski definition) is 0. The van der Waals surface area contributed by atoms with Crippen LogP contribution in [-0.4, -0.2) is 72.2 Å². The second-order valence-corrected chi connectivity index (χ2v) is 7.45. The minimum absolute atomic E-state index is 0.0848. The molecule has 2 saturated heterocycles. The predicted molar refractivity (Wildman–Crippen MR) is 96.0 cm³/mol. The zero-order valence-corrected chi connectivity index (χ0v) is 17.2. The van der Waals surface area contributed by atoms with E-state index in [1.54, 1.807) is 13.8 Å². The number of methoxy groups -OCH3 is 2. The van der Waals surface area contributed by atoms with Crippen LogP contribution in [0, 0.1) is 10.1 Å². The van der Waals surface area contributed by atoms with Crippen LogP contribution in [-0.2, 0) is 18.9 Å². The molecule has 2 aliphatic rings. The molecule has 0 saturated carbocycles. The van der Waals surface area contributed by atoms with E-state index in [4.69, 9.17) is 33.2 Å². The molecule has 1 aromatic rings. The maximum Gasteiger partial charge on any atom is 0.392 e. The number of aromatic nitrogens is 2. The van der Waals surface area contributed by atoms with Gasteiger partial charge in [-0.3, -0.25) is 10.1 Å². The average molecular weight is 415 g/mol. The number of nitrogens with zero attached hydrogens (tertiary/aromatic N) is 3. The molecular weight excluding hydrogens is 390 g/mol. The summed E-state index contributed by atoms with van der Waals surface area (Å²) in [5.74, 6) is -2.19. The molecule has 0 bridgehead atoms. The van der Waals surface area contributed by atoms with Crippen LogP contribution in [0.2, 0.25) is 0 Å². The highest BCUT2D eigenvalue weighted by Gasteiger charge is 2.50. The molecule has 162 valence electrons. The Morgan fingerprint density at radius 3 is 2.31 bits per heavy atom. The van der Waals surface area contributed by atoms with Gasteiger partial charge in [0.25, 0.3) is 0 Å². The molecule has 3 atom stereocenters. The number of ether oxygens (including phenoxy) is 7. The van der Waals surface area contributed by atoms with Crippen molar-refractivity contribution in [1.29, 1.82) is 0 Å². The summed E-state index contributed by atoms with van der Waals surface area (Å²) in [5.41, 5.74) is -0.510. The van der Waals surface area contributed by atoms with Crippen LogP contribution in [0.5, 0.6) is 17.8 Å². The lowest BCUT2D eigenvalue weighted by atomic mass is 10.1. The Morgan fingerprint density at radius 2 is 1.76 bits per heavy atom. The molecule has 0 N–H and O–H groups in total. The fraction of sp³-hybridized carbons (Fsp3) is 0.765. The van der Waals surface area contributed by atoms with Crippen LogP contribution in [0.25, 0.3) is 0 Å². The Bertz CT molecular complexity index is 771. The molecule has 0 spiro atoms. The summed E-state index contributed by atoms with van der Waals surface area (Å²) in [4.78, 5) is 18.5. The van der Waals surface area contributed by atoms with Crippen LogP contribution in [0.3, 0.4) is 0 Å². The summed E-state index contributed by atoms with van der Waals surface area (Å²) in [5, 5.41) is 11.5. The lowest BCUT2D eigenvalue weighted by molar-refractivity contribution is -0.387. The van der Waals surface area contributed by atoms with Gasteiger partial charge in [0.15, 0.2) is 11.6 Å². The Labute approximate surface area is 167 Å². The van der Waals surface area contributed by atoms with Gasteiger partial charge in [-0.2, -0.15) is 9.97 Å². The van der Waals surface area contributed by atoms with Crippen molar-refractivity contribution in [3.05, 3.63) is 10.1 Å². The molecule has 2 fully saturated rings. The molecule has 3 unspecified atom stereocenters. The van der Waals surface area contributed by atoms with E-state index in [1.165, 1.54) is 14.2 Å². The van der Waals surface area contributed by atoms with Gasteiger partial charge in [-0.05, 0) is 27.7 Å². The molecule has 12 heteroatoms. The molecule has 12 nitrogen and oxygen atoms in total. The quantitative estimate of drug-likeness (QED) is 0.473. The molecule has 2 aliphatic heterocycles. The van der Waals surface area contributed by atoms with Crippen molar-refractivity contribution in [3.63, 3.8) is 0 Å². The second-order valence-electron chi connectivity index (χ2n) is 7.45. The van der Waals surface area contributed by atoms with Gasteiger partial charge in [-0.25, -0.2) is 0 Å². The van der Waals surface area contributed by atoms with Crippen molar-refractivity contribution in [2.24, 2.45) is 0 Å². The lowest BCUT2D eigenvalue weighted by Crippen LogP contribution is -2.41. The Hall–Kier alpha value is -2.28. The topological polar surface area (TPSA) is 134 Å². The highest BCUT2D eigenvalue weighted by Crippen LogP contribution is 2.38. The first-order chi connectivity index (χ1) is 13.5. The first kappa shape index (κ1) is 21.4. The van der Waals surface area contributed by atoms with Crippen LogP contribution >= 0.6 is 0 Å². The van der Waals surface area contributed by atoms with E-state index in [0.29, 0.717) is 6.61 Å². The molecule has 1 aromatic heterocycles. The maximum absolute atomic E-state index is 11.5. The Morgan fingerprint density at radius 1 is 1.07 bits per heavy atom. The molecular formula is C17H25N3O9. The van der Waals surface area contributed by atoms with E-state index in [0.717, 1.165) is 0 Å². The Kier molecular flexibility index (Phi) is 5.81. The van der Waals surface area contributed by atoms with Gasteiger partial charge in [-0.1, -0.05) is 0 Å². The SMILES string of the molecule is COc1nc(OC)c([N+](=O)[O-])c(OCC2OC(C)(C)OC2C2COC(C)(C)O2)n1. The second kappa shape index (κ2) is 7.86. The van der Waals surface area contributed by atoms with Gasteiger partial charge in [0.1, 0.15) is 24.9 Å². The largest absolute Gasteiger partial charge is 0.476 e. The fourth-order valence-corrected chi connectivity index (χ4v) is 3.23. The molecule has 0 radical (unpaired) electrons. The minimum Gasteiger partial charge on any atom is -0.476 e. The first-order valence-electron chi connectivity index (χ1n) is 9.00. The maximum atomic E-state index is 11.5. The standard InChI is InChI=1S/C17H25N3O9/c1-16(2)26-8-10(27-16)12-9(28-17(3,4)29-12)7-25-14-11(20(21)22)13(23-5)18-15(19-14)24-6/h9-10,12H,7-8H2,1-6H3. The summed E-state index contributed by atoms with van der Waals surface area (Å²) in [6, 6.07) is -0.128. The zero-order chi connectivity index (χ0) is 21.4.